The minimum Gasteiger partial charge on any atom is -0.494 e. The molecule has 0 aliphatic heterocycles. The van der Waals surface area contributed by atoms with Crippen LogP contribution < -0.4 is 10.5 Å². The van der Waals surface area contributed by atoms with Gasteiger partial charge in [0.1, 0.15) is 11.8 Å². The van der Waals surface area contributed by atoms with Crippen molar-refractivity contribution in [2.24, 2.45) is 5.73 Å². The van der Waals surface area contributed by atoms with Crippen LogP contribution in [-0.4, -0.2) is 48.8 Å². The number of aliphatic hydroxyl groups excluding tert-OH is 1. The number of amides is 1. The molecule has 0 heterocycles. The molecular weight excluding hydrogens is 268 g/mol. The van der Waals surface area contributed by atoms with Crippen LogP contribution in [0.4, 0.5) is 0 Å². The van der Waals surface area contributed by atoms with Gasteiger partial charge in [-0.3, -0.25) is 4.79 Å². The number of nitrogens with zero attached hydrogens (tertiary/aromatic N) is 1. The quantitative estimate of drug-likeness (QED) is 0.723. The Hall–Kier alpha value is -1.30. The van der Waals surface area contributed by atoms with Crippen molar-refractivity contribution in [1.82, 2.24) is 4.90 Å². The molecule has 1 amide bonds. The molecule has 0 radical (unpaired) electrons. The normalized spacial score (nSPS) is 11.3. The van der Waals surface area contributed by atoms with Crippen molar-refractivity contribution in [3.05, 3.63) is 30.3 Å². The molecule has 0 spiro atoms. The lowest BCUT2D eigenvalue weighted by molar-refractivity contribution is -0.132. The van der Waals surface area contributed by atoms with Gasteiger partial charge >= 0.3 is 0 Å². The number of carbonyl (C=O) groups is 1. The fourth-order valence-electron chi connectivity index (χ4n) is 1.48. The molecule has 0 saturated heterocycles. The summed E-state index contributed by atoms with van der Waals surface area (Å²) in [5.74, 6) is 0.566. The van der Waals surface area contributed by atoms with Gasteiger partial charge in [0.25, 0.3) is 0 Å². The molecule has 6 heteroatoms. The summed E-state index contributed by atoms with van der Waals surface area (Å²) in [6.07, 6.45) is 0.718. The van der Waals surface area contributed by atoms with Gasteiger partial charge in [-0.25, -0.2) is 0 Å². The SMILES string of the molecule is CN(CCCOc1ccccc1)C(=O)[C@H](N)CO.Cl. The maximum atomic E-state index is 11.5. The van der Waals surface area contributed by atoms with Crippen LogP contribution in [-0.2, 0) is 4.79 Å². The highest BCUT2D eigenvalue weighted by Gasteiger charge is 2.16. The standard InChI is InChI=1S/C13H20N2O3.ClH/c1-15(13(17)12(14)10-16)8-5-9-18-11-6-3-2-4-7-11;/h2-4,6-7,12,16H,5,8-10,14H2,1H3;1H/t12-;/m1./s1. The molecule has 0 aliphatic carbocycles. The average Bonchev–Trinajstić information content (AvgIpc) is 2.42. The summed E-state index contributed by atoms with van der Waals surface area (Å²) in [4.78, 5) is 13.0. The third-order valence-corrected chi connectivity index (χ3v) is 2.54. The lowest BCUT2D eigenvalue weighted by atomic mass is 10.3. The average molecular weight is 289 g/mol. The Labute approximate surface area is 119 Å². The zero-order chi connectivity index (χ0) is 13.4. The summed E-state index contributed by atoms with van der Waals surface area (Å²) in [5, 5.41) is 8.78. The molecule has 0 fully saturated rings. The topological polar surface area (TPSA) is 75.8 Å². The van der Waals surface area contributed by atoms with Crippen LogP contribution in [0.5, 0.6) is 5.75 Å². The first kappa shape index (κ1) is 17.7. The van der Waals surface area contributed by atoms with Crippen molar-refractivity contribution in [2.45, 2.75) is 12.5 Å². The summed E-state index contributed by atoms with van der Waals surface area (Å²) in [7, 11) is 1.67. The Kier molecular flexibility index (Phi) is 8.95. The van der Waals surface area contributed by atoms with Crippen LogP contribution in [0.3, 0.4) is 0 Å². The Morgan fingerprint density at radius 3 is 2.63 bits per heavy atom. The van der Waals surface area contributed by atoms with Crippen LogP contribution in [0.25, 0.3) is 0 Å². The molecule has 0 saturated carbocycles. The number of nitrogens with two attached hydrogens (primary N) is 1. The lowest BCUT2D eigenvalue weighted by Crippen LogP contribution is -2.44. The zero-order valence-corrected chi connectivity index (χ0v) is 11.8. The maximum absolute atomic E-state index is 11.5. The Morgan fingerprint density at radius 1 is 1.42 bits per heavy atom. The highest BCUT2D eigenvalue weighted by atomic mass is 35.5. The van der Waals surface area contributed by atoms with Crippen LogP contribution >= 0.6 is 12.4 Å². The van der Waals surface area contributed by atoms with Crippen molar-refractivity contribution in [1.29, 1.82) is 0 Å². The molecule has 19 heavy (non-hydrogen) atoms. The largest absolute Gasteiger partial charge is 0.494 e. The van der Waals surface area contributed by atoms with E-state index >= 15 is 0 Å². The van der Waals surface area contributed by atoms with E-state index in [1.165, 1.54) is 4.90 Å². The first-order chi connectivity index (χ1) is 8.65. The molecule has 0 aromatic heterocycles. The molecule has 1 aromatic carbocycles. The molecule has 0 bridgehead atoms. The summed E-state index contributed by atoms with van der Waals surface area (Å²) in [6.45, 7) is 0.763. The summed E-state index contributed by atoms with van der Waals surface area (Å²) in [5.41, 5.74) is 5.44. The number of carbonyl (C=O) groups excluding carboxylic acids is 1. The monoisotopic (exact) mass is 288 g/mol. The van der Waals surface area contributed by atoms with E-state index in [9.17, 15) is 4.79 Å². The Bertz CT molecular complexity index is 362. The molecular formula is C13H21ClN2O3. The van der Waals surface area contributed by atoms with Gasteiger partial charge in [0.2, 0.25) is 5.91 Å². The minimum absolute atomic E-state index is 0. The highest BCUT2D eigenvalue weighted by molar-refractivity contribution is 5.85. The molecule has 1 rings (SSSR count). The molecule has 3 N–H and O–H groups in total. The van der Waals surface area contributed by atoms with Crippen molar-refractivity contribution in [3.63, 3.8) is 0 Å². The van der Waals surface area contributed by atoms with E-state index < -0.39 is 6.04 Å². The predicted molar refractivity (Wildman–Crippen MR) is 76.5 cm³/mol. The van der Waals surface area contributed by atoms with Gasteiger partial charge < -0.3 is 20.5 Å². The van der Waals surface area contributed by atoms with Gasteiger partial charge in [-0.2, -0.15) is 0 Å². The molecule has 0 unspecified atom stereocenters. The van der Waals surface area contributed by atoms with Gasteiger partial charge in [-0.05, 0) is 18.6 Å². The van der Waals surface area contributed by atoms with Gasteiger partial charge in [0.15, 0.2) is 0 Å². The lowest BCUT2D eigenvalue weighted by Gasteiger charge is -2.20. The van der Waals surface area contributed by atoms with Gasteiger partial charge in [-0.1, -0.05) is 18.2 Å². The fraction of sp³-hybridized carbons (Fsp3) is 0.462. The van der Waals surface area contributed by atoms with Gasteiger partial charge in [-0.15, -0.1) is 12.4 Å². The maximum Gasteiger partial charge on any atom is 0.241 e. The van der Waals surface area contributed by atoms with E-state index in [2.05, 4.69) is 0 Å². The number of ether oxygens (including phenoxy) is 1. The number of benzene rings is 1. The van der Waals surface area contributed by atoms with Crippen LogP contribution in [0.1, 0.15) is 6.42 Å². The van der Waals surface area contributed by atoms with Crippen LogP contribution in [0, 0.1) is 0 Å². The van der Waals surface area contributed by atoms with Crippen molar-refractivity contribution in [3.8, 4) is 5.75 Å². The van der Waals surface area contributed by atoms with Crippen molar-refractivity contribution >= 4 is 18.3 Å². The number of aliphatic hydroxyl groups is 1. The fourth-order valence-corrected chi connectivity index (χ4v) is 1.48. The summed E-state index contributed by atoms with van der Waals surface area (Å²) >= 11 is 0. The third-order valence-electron chi connectivity index (χ3n) is 2.54. The molecule has 1 atom stereocenters. The summed E-state index contributed by atoms with van der Waals surface area (Å²) < 4.78 is 5.50. The number of halogens is 1. The summed E-state index contributed by atoms with van der Waals surface area (Å²) in [6, 6.07) is 8.68. The minimum atomic E-state index is -0.829. The predicted octanol–water partition coefficient (Wildman–Crippen LogP) is 0.655. The van der Waals surface area contributed by atoms with Crippen LogP contribution in [0.15, 0.2) is 30.3 Å². The second-order valence-electron chi connectivity index (χ2n) is 4.06. The van der Waals surface area contributed by atoms with Crippen molar-refractivity contribution in [2.75, 3.05) is 26.8 Å². The number of hydrogen-bond donors (Lipinski definition) is 2. The highest BCUT2D eigenvalue weighted by Crippen LogP contribution is 2.08. The smallest absolute Gasteiger partial charge is 0.241 e. The zero-order valence-electron chi connectivity index (χ0n) is 11.0. The van der Waals surface area contributed by atoms with E-state index in [1.807, 2.05) is 30.3 Å². The Balaban J connectivity index is 0.00000324. The second-order valence-corrected chi connectivity index (χ2v) is 4.06. The van der Waals surface area contributed by atoms with E-state index in [4.69, 9.17) is 15.6 Å². The van der Waals surface area contributed by atoms with E-state index in [0.717, 1.165) is 12.2 Å². The van der Waals surface area contributed by atoms with E-state index in [1.54, 1.807) is 7.05 Å². The van der Waals surface area contributed by atoms with E-state index in [-0.39, 0.29) is 24.9 Å². The first-order valence-corrected chi connectivity index (χ1v) is 5.94. The van der Waals surface area contributed by atoms with E-state index in [0.29, 0.717) is 13.2 Å². The second kappa shape index (κ2) is 9.61. The van der Waals surface area contributed by atoms with Crippen molar-refractivity contribution < 1.29 is 14.6 Å². The molecule has 1 aromatic rings. The number of hydrogen-bond acceptors (Lipinski definition) is 4. The molecule has 5 nitrogen and oxygen atoms in total. The number of para-hydroxylation sites is 1. The number of rotatable bonds is 7. The molecule has 0 aliphatic rings. The van der Waals surface area contributed by atoms with Gasteiger partial charge in [0.05, 0.1) is 13.2 Å². The van der Waals surface area contributed by atoms with Gasteiger partial charge in [0, 0.05) is 13.6 Å². The third kappa shape index (κ3) is 6.42. The number of likely N-dealkylation sites (N-methyl/N-ethyl adjacent to an activating group) is 1. The van der Waals surface area contributed by atoms with Crippen LogP contribution in [0.2, 0.25) is 0 Å². The Morgan fingerprint density at radius 2 is 2.05 bits per heavy atom. The molecule has 108 valence electrons. The first-order valence-electron chi connectivity index (χ1n) is 5.94.